The van der Waals surface area contributed by atoms with Crippen molar-refractivity contribution in [1.29, 1.82) is 0 Å². The topological polar surface area (TPSA) is 91.8 Å². The van der Waals surface area contributed by atoms with Gasteiger partial charge in [0.25, 0.3) is 0 Å². The lowest BCUT2D eigenvalue weighted by Crippen LogP contribution is -2.46. The number of hydrogen-bond acceptors (Lipinski definition) is 7. The molecule has 0 saturated carbocycles. The minimum atomic E-state index is -3.53. The number of aromatic nitrogens is 1. The number of rotatable bonds is 4. The predicted octanol–water partition coefficient (Wildman–Crippen LogP) is 1.80. The number of piperazine rings is 1. The molecule has 1 aliphatic heterocycles. The first kappa shape index (κ1) is 18.1. The Labute approximate surface area is 150 Å². The van der Waals surface area contributed by atoms with Crippen LogP contribution in [-0.4, -0.2) is 68.5 Å². The van der Waals surface area contributed by atoms with E-state index in [9.17, 15) is 13.2 Å². The predicted molar refractivity (Wildman–Crippen MR) is 96.5 cm³/mol. The molecule has 1 fully saturated rings. The fourth-order valence-corrected chi connectivity index (χ4v) is 4.97. The second-order valence-corrected chi connectivity index (χ2v) is 8.67. The second-order valence-electron chi connectivity index (χ2n) is 5.70. The molecular formula is C15H20N4O4S2. The summed E-state index contributed by atoms with van der Waals surface area (Å²) in [5.41, 5.74) is 0.633. The minimum Gasteiger partial charge on any atom is -0.450 e. The molecule has 10 heteroatoms. The van der Waals surface area contributed by atoms with Crippen molar-refractivity contribution in [1.82, 2.24) is 14.2 Å². The molecule has 0 unspecified atom stereocenters. The summed E-state index contributed by atoms with van der Waals surface area (Å²) >= 11 is 1.21. The summed E-state index contributed by atoms with van der Waals surface area (Å²) in [5.74, 6) is 0. The van der Waals surface area contributed by atoms with Gasteiger partial charge in [-0.15, -0.1) is 0 Å². The number of fused-ring (bicyclic) bond motifs is 1. The molecule has 1 saturated heterocycles. The van der Waals surface area contributed by atoms with Gasteiger partial charge in [0.2, 0.25) is 10.0 Å². The lowest BCUT2D eigenvalue weighted by molar-refractivity contribution is 0.168. The summed E-state index contributed by atoms with van der Waals surface area (Å²) in [5, 5.41) is 2.92. The first-order valence-corrected chi connectivity index (χ1v) is 10.2. The van der Waals surface area contributed by atoms with Gasteiger partial charge in [-0.3, -0.25) is 5.32 Å². The smallest absolute Gasteiger partial charge is 0.413 e. The van der Waals surface area contributed by atoms with Crippen LogP contribution < -0.4 is 5.32 Å². The summed E-state index contributed by atoms with van der Waals surface area (Å²) in [7, 11) is -1.55. The summed E-state index contributed by atoms with van der Waals surface area (Å²) in [6.07, 6.45) is -0.577. The molecule has 3 rings (SSSR count). The third-order valence-corrected chi connectivity index (χ3v) is 6.77. The Bertz CT molecular complexity index is 873. The highest BCUT2D eigenvalue weighted by Crippen LogP contribution is 2.29. The summed E-state index contributed by atoms with van der Waals surface area (Å²) < 4.78 is 32.6. The van der Waals surface area contributed by atoms with Crippen molar-refractivity contribution in [3.05, 3.63) is 18.2 Å². The van der Waals surface area contributed by atoms with E-state index in [1.54, 1.807) is 25.1 Å². The first-order valence-electron chi connectivity index (χ1n) is 7.93. The van der Waals surface area contributed by atoms with Crippen molar-refractivity contribution in [2.75, 3.05) is 45.2 Å². The quantitative estimate of drug-likeness (QED) is 0.864. The van der Waals surface area contributed by atoms with Gasteiger partial charge in [0.15, 0.2) is 5.13 Å². The van der Waals surface area contributed by atoms with E-state index in [0.29, 0.717) is 28.4 Å². The van der Waals surface area contributed by atoms with Crippen LogP contribution in [0.4, 0.5) is 9.93 Å². The molecule has 2 aromatic rings. The van der Waals surface area contributed by atoms with E-state index in [1.807, 2.05) is 7.05 Å². The van der Waals surface area contributed by atoms with Crippen LogP contribution in [0.25, 0.3) is 10.2 Å². The normalized spacial score (nSPS) is 16.9. The number of nitrogens with one attached hydrogen (secondary N) is 1. The largest absolute Gasteiger partial charge is 0.450 e. The standard InChI is InChI=1S/C15H20N4O4S2/c1-3-23-15(20)17-14-16-12-5-4-11(10-13(12)24-14)25(21,22)19-8-6-18(2)7-9-19/h4-5,10H,3,6-9H2,1-2H3,(H,16,17,20). The third kappa shape index (κ3) is 3.92. The van der Waals surface area contributed by atoms with Crippen LogP contribution in [0.1, 0.15) is 6.92 Å². The van der Waals surface area contributed by atoms with Crippen molar-refractivity contribution in [2.24, 2.45) is 0 Å². The number of thiazole rings is 1. The summed E-state index contributed by atoms with van der Waals surface area (Å²) in [6, 6.07) is 4.83. The fourth-order valence-electron chi connectivity index (χ4n) is 2.55. The molecule has 8 nitrogen and oxygen atoms in total. The average Bonchev–Trinajstić information content (AvgIpc) is 2.96. The monoisotopic (exact) mass is 384 g/mol. The van der Waals surface area contributed by atoms with Gasteiger partial charge >= 0.3 is 6.09 Å². The molecule has 1 N–H and O–H groups in total. The van der Waals surface area contributed by atoms with E-state index in [0.717, 1.165) is 13.1 Å². The molecule has 2 heterocycles. The Morgan fingerprint density at radius 1 is 1.32 bits per heavy atom. The third-order valence-electron chi connectivity index (χ3n) is 3.94. The molecule has 136 valence electrons. The van der Waals surface area contributed by atoms with Gasteiger partial charge in [-0.05, 0) is 32.2 Å². The number of likely N-dealkylation sites (N-methyl/N-ethyl adjacent to an activating group) is 1. The number of carbonyl (C=O) groups is 1. The first-order chi connectivity index (χ1) is 11.9. The Morgan fingerprint density at radius 3 is 2.72 bits per heavy atom. The number of hydrogen-bond donors (Lipinski definition) is 1. The molecule has 1 amide bonds. The van der Waals surface area contributed by atoms with Gasteiger partial charge < -0.3 is 9.64 Å². The zero-order chi connectivity index (χ0) is 18.0. The number of carbonyl (C=O) groups excluding carboxylic acids is 1. The van der Waals surface area contributed by atoms with Crippen LogP contribution >= 0.6 is 11.3 Å². The number of ether oxygens (including phenoxy) is 1. The zero-order valence-corrected chi connectivity index (χ0v) is 15.7. The number of anilines is 1. The molecule has 25 heavy (non-hydrogen) atoms. The summed E-state index contributed by atoms with van der Waals surface area (Å²) in [6.45, 7) is 4.38. The maximum atomic E-state index is 12.8. The zero-order valence-electron chi connectivity index (χ0n) is 14.1. The van der Waals surface area contributed by atoms with E-state index < -0.39 is 16.1 Å². The summed E-state index contributed by atoms with van der Waals surface area (Å²) in [4.78, 5) is 18.1. The SMILES string of the molecule is CCOC(=O)Nc1nc2ccc(S(=O)(=O)N3CCN(C)CC3)cc2s1. The van der Waals surface area contributed by atoms with E-state index in [4.69, 9.17) is 4.74 Å². The van der Waals surface area contributed by atoms with Crippen molar-refractivity contribution >= 4 is 42.8 Å². The maximum absolute atomic E-state index is 12.8. The molecule has 0 bridgehead atoms. The Balaban J connectivity index is 1.84. The van der Waals surface area contributed by atoms with Gasteiger partial charge in [0, 0.05) is 26.2 Å². The lowest BCUT2D eigenvalue weighted by atomic mass is 10.3. The van der Waals surface area contributed by atoms with Crippen LogP contribution in [0.3, 0.4) is 0 Å². The molecule has 0 aliphatic carbocycles. The van der Waals surface area contributed by atoms with E-state index in [2.05, 4.69) is 15.2 Å². The van der Waals surface area contributed by atoms with E-state index in [-0.39, 0.29) is 11.5 Å². The van der Waals surface area contributed by atoms with Crippen LogP contribution in [0.2, 0.25) is 0 Å². The van der Waals surface area contributed by atoms with Gasteiger partial charge in [0.1, 0.15) is 0 Å². The highest BCUT2D eigenvalue weighted by atomic mass is 32.2. The Hall–Kier alpha value is -1.75. The second kappa shape index (κ2) is 7.24. The molecule has 1 aromatic heterocycles. The van der Waals surface area contributed by atoms with Crippen LogP contribution in [0, 0.1) is 0 Å². The Morgan fingerprint density at radius 2 is 2.04 bits per heavy atom. The number of amides is 1. The van der Waals surface area contributed by atoms with E-state index >= 15 is 0 Å². The average molecular weight is 384 g/mol. The van der Waals surface area contributed by atoms with Crippen LogP contribution in [0.5, 0.6) is 0 Å². The van der Waals surface area contributed by atoms with Gasteiger partial charge in [-0.1, -0.05) is 11.3 Å². The van der Waals surface area contributed by atoms with Gasteiger partial charge in [0.05, 0.1) is 21.7 Å². The molecular weight excluding hydrogens is 364 g/mol. The minimum absolute atomic E-state index is 0.246. The Kier molecular flexibility index (Phi) is 5.23. The van der Waals surface area contributed by atoms with Crippen molar-refractivity contribution in [2.45, 2.75) is 11.8 Å². The number of nitrogens with zero attached hydrogens (tertiary/aromatic N) is 3. The molecule has 1 aliphatic rings. The van der Waals surface area contributed by atoms with Crippen LogP contribution in [-0.2, 0) is 14.8 Å². The molecule has 0 spiro atoms. The highest BCUT2D eigenvalue weighted by molar-refractivity contribution is 7.89. The van der Waals surface area contributed by atoms with Crippen molar-refractivity contribution < 1.29 is 17.9 Å². The van der Waals surface area contributed by atoms with Crippen molar-refractivity contribution in [3.8, 4) is 0 Å². The molecule has 0 radical (unpaired) electrons. The molecule has 0 atom stereocenters. The van der Waals surface area contributed by atoms with Gasteiger partial charge in [-0.2, -0.15) is 4.31 Å². The highest BCUT2D eigenvalue weighted by Gasteiger charge is 2.27. The van der Waals surface area contributed by atoms with E-state index in [1.165, 1.54) is 15.6 Å². The maximum Gasteiger partial charge on any atom is 0.413 e. The molecule has 1 aromatic carbocycles. The van der Waals surface area contributed by atoms with Gasteiger partial charge in [-0.25, -0.2) is 18.2 Å². The number of sulfonamides is 1. The van der Waals surface area contributed by atoms with Crippen molar-refractivity contribution in [3.63, 3.8) is 0 Å². The lowest BCUT2D eigenvalue weighted by Gasteiger charge is -2.31. The fraction of sp³-hybridized carbons (Fsp3) is 0.467. The number of benzene rings is 1. The van der Waals surface area contributed by atoms with Crippen LogP contribution in [0.15, 0.2) is 23.1 Å².